The van der Waals surface area contributed by atoms with Gasteiger partial charge in [0, 0.05) is 32.8 Å². The van der Waals surface area contributed by atoms with Crippen LogP contribution in [0, 0.1) is 12.3 Å². The fraction of sp³-hybridized carbons (Fsp3) is 0.423. The second kappa shape index (κ2) is 14.8. The minimum atomic E-state index is -4.65. The van der Waals surface area contributed by atoms with E-state index in [9.17, 15) is 18.3 Å². The van der Waals surface area contributed by atoms with Gasteiger partial charge >= 0.3 is 6.18 Å². The summed E-state index contributed by atoms with van der Waals surface area (Å²) in [7, 11) is 0. The van der Waals surface area contributed by atoms with Crippen LogP contribution in [0.1, 0.15) is 64.2 Å². The number of aryl methyl sites for hydroxylation is 1. The van der Waals surface area contributed by atoms with E-state index in [4.69, 9.17) is 28.6 Å². The summed E-state index contributed by atoms with van der Waals surface area (Å²) in [4.78, 5) is 1.00. The number of nitrogens with one attached hydrogen (secondary N) is 1. The smallest absolute Gasteiger partial charge is 0.384 e. The van der Waals surface area contributed by atoms with Gasteiger partial charge in [-0.1, -0.05) is 69.1 Å². The number of thioether (sulfide) groups is 1. The van der Waals surface area contributed by atoms with Gasteiger partial charge in [-0.05, 0) is 60.9 Å². The van der Waals surface area contributed by atoms with Gasteiger partial charge in [-0.3, -0.25) is 0 Å². The lowest BCUT2D eigenvalue weighted by Crippen LogP contribution is -2.34. The molecular formula is C26H34Cl2F3NOS. The fourth-order valence-electron chi connectivity index (χ4n) is 3.02. The normalized spacial score (nSPS) is 12.5. The quantitative estimate of drug-likeness (QED) is 0.200. The predicted molar refractivity (Wildman–Crippen MR) is 142 cm³/mol. The summed E-state index contributed by atoms with van der Waals surface area (Å²) in [6.45, 7) is 15.7. The zero-order valence-electron chi connectivity index (χ0n) is 20.5. The van der Waals surface area contributed by atoms with Crippen molar-refractivity contribution in [1.29, 1.82) is 5.41 Å². The molecule has 0 radical (unpaired) electrons. The highest BCUT2D eigenvalue weighted by Gasteiger charge is 2.43. The van der Waals surface area contributed by atoms with Gasteiger partial charge in [0.1, 0.15) is 5.60 Å². The monoisotopic (exact) mass is 535 g/mol. The Balaban J connectivity index is 0.00000258. The van der Waals surface area contributed by atoms with Crippen LogP contribution < -0.4 is 0 Å². The first kappa shape index (κ1) is 32.5. The van der Waals surface area contributed by atoms with Crippen LogP contribution in [0.4, 0.5) is 13.2 Å². The SMILES string of the molecule is C=C(C)CSc1ccc(C(=N)C[C@@](O)(CC(F)(F)F)c2cc(Cl)cc(Cl)c2)cc1C.CC.CC. The standard InChI is InChI=1S/C22H22Cl2F3NOS.2C2H6/c1-13(2)11-30-20-5-4-15(6-14(20)3)19(28)10-21(29,12-22(25,26)27)16-7-17(23)9-18(24)8-16;2*1-2/h4-9,28-29H,1,10-12H2,2-3H3;2*1-2H3/t21-;;/m1../s1. The zero-order valence-corrected chi connectivity index (χ0v) is 22.9. The molecule has 0 amide bonds. The minimum absolute atomic E-state index is 0.0765. The molecule has 0 heterocycles. The number of benzene rings is 2. The van der Waals surface area contributed by atoms with Crippen LogP contribution in [-0.2, 0) is 5.60 Å². The Bertz CT molecular complexity index is 943. The molecule has 0 fully saturated rings. The van der Waals surface area contributed by atoms with E-state index in [-0.39, 0.29) is 21.3 Å². The number of hydrogen-bond donors (Lipinski definition) is 2. The summed E-state index contributed by atoms with van der Waals surface area (Å²) < 4.78 is 39.8. The molecule has 0 spiro atoms. The Morgan fingerprint density at radius 3 is 2.00 bits per heavy atom. The first-order valence-corrected chi connectivity index (χ1v) is 12.7. The highest BCUT2D eigenvalue weighted by molar-refractivity contribution is 7.99. The second-order valence-electron chi connectivity index (χ2n) is 7.36. The zero-order chi connectivity index (χ0) is 26.7. The van der Waals surface area contributed by atoms with E-state index in [1.165, 1.54) is 18.2 Å². The average molecular weight is 537 g/mol. The molecule has 0 unspecified atom stereocenters. The van der Waals surface area contributed by atoms with Gasteiger partial charge < -0.3 is 10.5 Å². The van der Waals surface area contributed by atoms with Crippen LogP contribution in [-0.4, -0.2) is 22.7 Å². The molecule has 2 rings (SSSR count). The molecule has 190 valence electrons. The number of halogens is 5. The molecule has 0 aromatic heterocycles. The molecule has 34 heavy (non-hydrogen) atoms. The van der Waals surface area contributed by atoms with Crippen LogP contribution in [0.5, 0.6) is 0 Å². The van der Waals surface area contributed by atoms with E-state index in [2.05, 4.69) is 6.58 Å². The molecule has 2 N–H and O–H groups in total. The van der Waals surface area contributed by atoms with Crippen LogP contribution in [0.3, 0.4) is 0 Å². The van der Waals surface area contributed by atoms with E-state index in [1.807, 2.05) is 47.6 Å². The second-order valence-corrected chi connectivity index (χ2v) is 9.25. The van der Waals surface area contributed by atoms with Gasteiger partial charge in [0.15, 0.2) is 0 Å². The van der Waals surface area contributed by atoms with Crippen molar-refractivity contribution in [1.82, 2.24) is 0 Å². The van der Waals surface area contributed by atoms with Gasteiger partial charge in [-0.2, -0.15) is 13.2 Å². The van der Waals surface area contributed by atoms with Crippen molar-refractivity contribution in [2.75, 3.05) is 5.75 Å². The fourth-order valence-corrected chi connectivity index (χ4v) is 4.39. The van der Waals surface area contributed by atoms with Crippen LogP contribution in [0.15, 0.2) is 53.4 Å². The Morgan fingerprint density at radius 1 is 1.03 bits per heavy atom. The van der Waals surface area contributed by atoms with Gasteiger partial charge in [-0.15, -0.1) is 11.8 Å². The number of alkyl halides is 3. The van der Waals surface area contributed by atoms with Crippen LogP contribution in [0.25, 0.3) is 0 Å². The molecule has 0 aliphatic heterocycles. The first-order chi connectivity index (χ1) is 15.8. The molecule has 0 aliphatic carbocycles. The van der Waals surface area contributed by atoms with Gasteiger partial charge in [0.2, 0.25) is 0 Å². The van der Waals surface area contributed by atoms with E-state index >= 15 is 0 Å². The Morgan fingerprint density at radius 2 is 1.56 bits per heavy atom. The summed E-state index contributed by atoms with van der Waals surface area (Å²) in [6.07, 6.45) is -6.71. The van der Waals surface area contributed by atoms with Gasteiger partial charge in [0.05, 0.1) is 6.42 Å². The molecule has 0 aliphatic rings. The van der Waals surface area contributed by atoms with Crippen molar-refractivity contribution in [3.8, 4) is 0 Å². The summed E-state index contributed by atoms with van der Waals surface area (Å²) in [5.41, 5.74) is -0.196. The lowest BCUT2D eigenvalue weighted by atomic mass is 9.83. The van der Waals surface area contributed by atoms with Gasteiger partial charge in [-0.25, -0.2) is 0 Å². The van der Waals surface area contributed by atoms with E-state index < -0.39 is 24.6 Å². The van der Waals surface area contributed by atoms with Crippen LogP contribution in [0.2, 0.25) is 10.0 Å². The Labute approximate surface area is 216 Å². The predicted octanol–water partition coefficient (Wildman–Crippen LogP) is 9.62. The largest absolute Gasteiger partial charge is 0.392 e. The summed E-state index contributed by atoms with van der Waals surface area (Å²) in [5, 5.41) is 19.6. The van der Waals surface area contributed by atoms with Gasteiger partial charge in [0.25, 0.3) is 0 Å². The highest BCUT2D eigenvalue weighted by atomic mass is 35.5. The van der Waals surface area contributed by atoms with Crippen molar-refractivity contribution in [3.05, 3.63) is 75.3 Å². The molecule has 0 bridgehead atoms. The maximum Gasteiger partial charge on any atom is 0.392 e. The average Bonchev–Trinajstić information content (AvgIpc) is 2.73. The maximum atomic E-state index is 13.3. The summed E-state index contributed by atoms with van der Waals surface area (Å²) in [5.74, 6) is 0.749. The third-order valence-corrected chi connectivity index (χ3v) is 6.20. The number of rotatable bonds is 8. The lowest BCUT2D eigenvalue weighted by Gasteiger charge is -2.30. The molecule has 0 saturated heterocycles. The van der Waals surface area contributed by atoms with Crippen molar-refractivity contribution in [2.24, 2.45) is 0 Å². The molecule has 2 aromatic rings. The van der Waals surface area contributed by atoms with E-state index in [1.54, 1.807) is 23.9 Å². The molecule has 1 atom stereocenters. The van der Waals surface area contributed by atoms with Crippen LogP contribution >= 0.6 is 35.0 Å². The molecular weight excluding hydrogens is 502 g/mol. The van der Waals surface area contributed by atoms with Crippen molar-refractivity contribution in [2.45, 2.75) is 71.1 Å². The minimum Gasteiger partial charge on any atom is -0.384 e. The molecule has 2 nitrogen and oxygen atoms in total. The third kappa shape index (κ3) is 10.9. The number of aliphatic hydroxyl groups is 1. The summed E-state index contributed by atoms with van der Waals surface area (Å²) >= 11 is 13.5. The third-order valence-electron chi connectivity index (χ3n) is 4.36. The highest BCUT2D eigenvalue weighted by Crippen LogP contribution is 2.40. The molecule has 2 aromatic carbocycles. The van der Waals surface area contributed by atoms with Crippen molar-refractivity contribution in [3.63, 3.8) is 0 Å². The topological polar surface area (TPSA) is 44.1 Å². The van der Waals surface area contributed by atoms with Crippen molar-refractivity contribution >= 4 is 40.7 Å². The lowest BCUT2D eigenvalue weighted by molar-refractivity contribution is -0.177. The number of hydrogen-bond acceptors (Lipinski definition) is 3. The molecule has 0 saturated carbocycles. The van der Waals surface area contributed by atoms with Crippen molar-refractivity contribution < 1.29 is 18.3 Å². The Hall–Kier alpha value is -1.47. The maximum absolute atomic E-state index is 13.3. The van der Waals surface area contributed by atoms with E-state index in [0.717, 1.165) is 21.8 Å². The Kier molecular flexibility index (Phi) is 14.2. The first-order valence-electron chi connectivity index (χ1n) is 11.0. The molecule has 8 heteroatoms. The summed E-state index contributed by atoms with van der Waals surface area (Å²) in [6, 6.07) is 9.10. The van der Waals surface area contributed by atoms with E-state index in [0.29, 0.717) is 5.56 Å².